The van der Waals surface area contributed by atoms with E-state index in [1.807, 2.05) is 0 Å². The van der Waals surface area contributed by atoms with Gasteiger partial charge in [-0.25, -0.2) is 0 Å². The first kappa shape index (κ1) is 10.8. The maximum Gasteiger partial charge on any atom is 0.454 e. The molecule has 0 radical (unpaired) electrons. The van der Waals surface area contributed by atoms with Crippen LogP contribution < -0.4 is 4.84 Å². The summed E-state index contributed by atoms with van der Waals surface area (Å²) in [5.41, 5.74) is -0.204. The number of rotatable bonds is 2. The van der Waals surface area contributed by atoms with Crippen LogP contribution in [0, 0.1) is 0 Å². The first-order valence-corrected chi connectivity index (χ1v) is 3.91. The third kappa shape index (κ3) is 2.38. The molecule has 1 aromatic carbocycles. The lowest BCUT2D eigenvalue weighted by Gasteiger charge is -2.05. The van der Waals surface area contributed by atoms with E-state index in [1.165, 1.54) is 12.1 Å². The van der Waals surface area contributed by atoms with Crippen LogP contribution in [0.1, 0.15) is 10.4 Å². The van der Waals surface area contributed by atoms with E-state index in [-0.39, 0.29) is 5.69 Å². The minimum Gasteiger partial charge on any atom is -0.298 e. The summed E-state index contributed by atoms with van der Waals surface area (Å²) in [5, 5.41) is 0. The Morgan fingerprint density at radius 2 is 2.00 bits per heavy atom. The number of hydrogen-bond acceptors (Lipinski definition) is 2. The van der Waals surface area contributed by atoms with Gasteiger partial charge in [0.2, 0.25) is 0 Å². The summed E-state index contributed by atoms with van der Waals surface area (Å²) < 4.78 is 35.9. The number of carbonyl (C=O) groups is 1. The van der Waals surface area contributed by atoms with Gasteiger partial charge in [-0.3, -0.25) is 9.63 Å². The van der Waals surface area contributed by atoms with Gasteiger partial charge in [-0.1, -0.05) is 12.1 Å². The molecule has 0 spiro atoms. The number of hydrogen-bond donors (Lipinski definition) is 1. The van der Waals surface area contributed by atoms with Crippen molar-refractivity contribution >= 4 is 23.2 Å². The summed E-state index contributed by atoms with van der Waals surface area (Å²) in [6, 6.07) is 4.86. The van der Waals surface area contributed by atoms with Gasteiger partial charge >= 0.3 is 6.18 Å². The van der Waals surface area contributed by atoms with Crippen molar-refractivity contribution in [2.45, 2.75) is 6.18 Å². The van der Waals surface area contributed by atoms with Crippen molar-refractivity contribution in [2.75, 3.05) is 4.84 Å². The maximum absolute atomic E-state index is 12.0. The first-order valence-electron chi connectivity index (χ1n) is 3.53. The Bertz CT molecular complexity index is 351. The highest BCUT2D eigenvalue weighted by atomic mass is 35.5. The Balaban J connectivity index is 3.02. The smallest absolute Gasteiger partial charge is 0.298 e. The zero-order chi connectivity index (χ0) is 10.8. The molecular weight excluding hydrogens is 219 g/mol. The van der Waals surface area contributed by atoms with Crippen LogP contribution in [0.25, 0.3) is 0 Å². The number of Topliss-reactive ketones (excluding diaryl/α,β-unsaturated/α-hetero) is 1. The second-order valence-corrected chi connectivity index (χ2v) is 2.69. The highest BCUT2D eigenvalue weighted by Gasteiger charge is 2.39. The largest absolute Gasteiger partial charge is 0.454 e. The van der Waals surface area contributed by atoms with Gasteiger partial charge in [0.1, 0.15) is 0 Å². The average Bonchev–Trinajstić information content (AvgIpc) is 2.15. The number of alkyl halides is 3. The molecule has 0 aliphatic rings. The van der Waals surface area contributed by atoms with Gasteiger partial charge in [-0.15, -0.1) is 0 Å². The van der Waals surface area contributed by atoms with E-state index in [9.17, 15) is 18.0 Å². The lowest BCUT2D eigenvalue weighted by atomic mass is 10.1. The molecule has 0 atom stereocenters. The molecule has 0 aliphatic carbocycles. The molecule has 1 rings (SSSR count). The van der Waals surface area contributed by atoms with Crippen LogP contribution >= 0.6 is 11.8 Å². The summed E-state index contributed by atoms with van der Waals surface area (Å²) in [6.07, 6.45) is -4.86. The van der Waals surface area contributed by atoms with Gasteiger partial charge in [-0.2, -0.15) is 13.2 Å². The monoisotopic (exact) mass is 223 g/mol. The Labute approximate surface area is 82.8 Å². The lowest BCUT2D eigenvalue weighted by Crippen LogP contribution is -2.22. The number of ketones is 1. The average molecular weight is 224 g/mol. The molecule has 0 amide bonds. The second kappa shape index (κ2) is 3.88. The lowest BCUT2D eigenvalue weighted by molar-refractivity contribution is -0.0885. The van der Waals surface area contributed by atoms with Gasteiger partial charge in [0.05, 0.1) is 0 Å². The number of benzene rings is 1. The molecule has 0 aliphatic heterocycles. The third-order valence-corrected chi connectivity index (χ3v) is 1.71. The molecule has 0 unspecified atom stereocenters. The molecule has 2 nitrogen and oxygen atoms in total. The molecule has 1 N–H and O–H groups in total. The first-order chi connectivity index (χ1) is 6.45. The van der Waals surface area contributed by atoms with Crippen molar-refractivity contribution in [1.29, 1.82) is 0 Å². The van der Waals surface area contributed by atoms with Crippen molar-refractivity contribution in [2.24, 2.45) is 0 Å². The molecule has 0 aromatic heterocycles. The molecule has 1 aromatic rings. The predicted octanol–water partition coefficient (Wildman–Crippen LogP) is 3.00. The van der Waals surface area contributed by atoms with Crippen molar-refractivity contribution in [3.63, 3.8) is 0 Å². The summed E-state index contributed by atoms with van der Waals surface area (Å²) in [7, 11) is 0. The quantitative estimate of drug-likeness (QED) is 0.617. The molecule has 6 heteroatoms. The zero-order valence-electron chi connectivity index (χ0n) is 6.73. The maximum atomic E-state index is 12.0. The summed E-state index contributed by atoms with van der Waals surface area (Å²) in [6.45, 7) is 0. The van der Waals surface area contributed by atoms with Crippen LogP contribution in [0.5, 0.6) is 0 Å². The predicted molar refractivity (Wildman–Crippen MR) is 46.3 cm³/mol. The van der Waals surface area contributed by atoms with Crippen LogP contribution in [0.3, 0.4) is 0 Å². The summed E-state index contributed by atoms with van der Waals surface area (Å²) in [5.74, 6) is -1.88. The molecule has 0 fully saturated rings. The van der Waals surface area contributed by atoms with Crippen molar-refractivity contribution < 1.29 is 18.0 Å². The fourth-order valence-electron chi connectivity index (χ4n) is 0.883. The standard InChI is InChI=1S/C8H5ClF3NO/c9-13-6-3-1-2-5(4-6)7(14)8(10,11)12/h1-4,13H. The fraction of sp³-hybridized carbons (Fsp3) is 0.125. The van der Waals surface area contributed by atoms with Crippen molar-refractivity contribution in [1.82, 2.24) is 0 Å². The third-order valence-electron chi connectivity index (χ3n) is 1.49. The van der Waals surface area contributed by atoms with E-state index in [0.29, 0.717) is 0 Å². The SMILES string of the molecule is O=C(c1cccc(NCl)c1)C(F)(F)F. The number of nitrogens with one attached hydrogen (secondary N) is 1. The van der Waals surface area contributed by atoms with Crippen LogP contribution in [0.2, 0.25) is 0 Å². The van der Waals surface area contributed by atoms with E-state index in [2.05, 4.69) is 4.84 Å². The summed E-state index contributed by atoms with van der Waals surface area (Å²) in [4.78, 5) is 12.9. The van der Waals surface area contributed by atoms with E-state index in [1.54, 1.807) is 0 Å². The zero-order valence-corrected chi connectivity index (χ0v) is 7.49. The molecule has 76 valence electrons. The highest BCUT2D eigenvalue weighted by Crippen LogP contribution is 2.23. The normalized spacial score (nSPS) is 11.1. The van der Waals surface area contributed by atoms with E-state index < -0.39 is 17.5 Å². The van der Waals surface area contributed by atoms with Crippen LogP contribution in [-0.2, 0) is 0 Å². The van der Waals surface area contributed by atoms with E-state index in [0.717, 1.165) is 12.1 Å². The number of anilines is 1. The van der Waals surface area contributed by atoms with E-state index >= 15 is 0 Å². The summed E-state index contributed by atoms with van der Waals surface area (Å²) >= 11 is 5.18. The molecule has 14 heavy (non-hydrogen) atoms. The molecule has 0 saturated carbocycles. The van der Waals surface area contributed by atoms with Crippen LogP contribution in [0.15, 0.2) is 24.3 Å². The van der Waals surface area contributed by atoms with Crippen LogP contribution in [0.4, 0.5) is 18.9 Å². The van der Waals surface area contributed by atoms with Gasteiger partial charge < -0.3 is 0 Å². The molecule has 0 bridgehead atoms. The molecular formula is C8H5ClF3NO. The van der Waals surface area contributed by atoms with E-state index in [4.69, 9.17) is 11.8 Å². The minimum atomic E-state index is -4.86. The Morgan fingerprint density at radius 3 is 2.50 bits per heavy atom. The molecule has 0 saturated heterocycles. The van der Waals surface area contributed by atoms with Gasteiger partial charge in [0, 0.05) is 23.0 Å². The Hall–Kier alpha value is -1.23. The van der Waals surface area contributed by atoms with Crippen molar-refractivity contribution in [3.05, 3.63) is 29.8 Å². The second-order valence-electron chi connectivity index (χ2n) is 2.50. The molecule has 0 heterocycles. The van der Waals surface area contributed by atoms with Crippen LogP contribution in [-0.4, -0.2) is 12.0 Å². The topological polar surface area (TPSA) is 29.1 Å². The highest BCUT2D eigenvalue weighted by molar-refractivity contribution is 6.24. The van der Waals surface area contributed by atoms with Gasteiger partial charge in [0.15, 0.2) is 0 Å². The van der Waals surface area contributed by atoms with Gasteiger partial charge in [-0.05, 0) is 12.1 Å². The number of carbonyl (C=O) groups excluding carboxylic acids is 1. The Morgan fingerprint density at radius 1 is 1.36 bits per heavy atom. The fourth-order valence-corrected chi connectivity index (χ4v) is 1.00. The minimum absolute atomic E-state index is 0.238. The van der Waals surface area contributed by atoms with Gasteiger partial charge in [0.25, 0.3) is 5.78 Å². The Kier molecular flexibility index (Phi) is 3.00. The number of halogens is 4. The van der Waals surface area contributed by atoms with Crippen molar-refractivity contribution in [3.8, 4) is 0 Å².